The van der Waals surface area contributed by atoms with Gasteiger partial charge in [-0.2, -0.15) is 0 Å². The number of ether oxygens (including phenoxy) is 1. The highest BCUT2D eigenvalue weighted by Gasteiger charge is 2.27. The Morgan fingerprint density at radius 2 is 1.87 bits per heavy atom. The molecule has 0 aromatic heterocycles. The third kappa shape index (κ3) is 4.49. The molecule has 1 fully saturated rings. The van der Waals surface area contributed by atoms with Crippen molar-refractivity contribution in [3.63, 3.8) is 0 Å². The minimum atomic E-state index is 0.570. The SMILES string of the molecule is CN(C(N)=NCc1cccc(OCc2ccccc2)c1)C1CC1. The van der Waals surface area contributed by atoms with E-state index in [1.165, 1.54) is 12.8 Å². The van der Waals surface area contributed by atoms with Crippen molar-refractivity contribution < 1.29 is 4.74 Å². The molecule has 0 saturated heterocycles. The predicted octanol–water partition coefficient (Wildman–Crippen LogP) is 3.17. The maximum atomic E-state index is 6.02. The van der Waals surface area contributed by atoms with Crippen LogP contribution in [0.3, 0.4) is 0 Å². The molecule has 1 aliphatic rings. The second-order valence-electron chi connectivity index (χ2n) is 5.94. The number of nitrogens with zero attached hydrogens (tertiary/aromatic N) is 2. The van der Waals surface area contributed by atoms with Crippen molar-refractivity contribution >= 4 is 5.96 Å². The molecule has 1 saturated carbocycles. The summed E-state index contributed by atoms with van der Waals surface area (Å²) in [6, 6.07) is 18.8. The second kappa shape index (κ2) is 7.18. The smallest absolute Gasteiger partial charge is 0.191 e. The fourth-order valence-corrected chi connectivity index (χ4v) is 2.41. The predicted molar refractivity (Wildman–Crippen MR) is 93.3 cm³/mol. The molecule has 0 spiro atoms. The van der Waals surface area contributed by atoms with Gasteiger partial charge in [0.15, 0.2) is 5.96 Å². The number of aliphatic imine (C=N–C) groups is 1. The lowest BCUT2D eigenvalue weighted by Gasteiger charge is -2.16. The number of rotatable bonds is 6. The van der Waals surface area contributed by atoms with E-state index < -0.39 is 0 Å². The van der Waals surface area contributed by atoms with Gasteiger partial charge in [0.25, 0.3) is 0 Å². The summed E-state index contributed by atoms with van der Waals surface area (Å²) in [5, 5.41) is 0. The summed E-state index contributed by atoms with van der Waals surface area (Å²) in [4.78, 5) is 6.55. The molecule has 3 rings (SSSR count). The molecule has 0 atom stereocenters. The van der Waals surface area contributed by atoms with E-state index in [1.807, 2.05) is 49.5 Å². The summed E-state index contributed by atoms with van der Waals surface area (Å²) in [7, 11) is 2.01. The zero-order valence-corrected chi connectivity index (χ0v) is 13.5. The molecule has 4 nitrogen and oxygen atoms in total. The summed E-state index contributed by atoms with van der Waals surface area (Å²) >= 11 is 0. The van der Waals surface area contributed by atoms with E-state index in [0.29, 0.717) is 25.2 Å². The minimum absolute atomic E-state index is 0.570. The van der Waals surface area contributed by atoms with Gasteiger partial charge in [-0.05, 0) is 36.1 Å². The van der Waals surface area contributed by atoms with Crippen LogP contribution in [0.15, 0.2) is 59.6 Å². The third-order valence-corrected chi connectivity index (χ3v) is 4.03. The second-order valence-corrected chi connectivity index (χ2v) is 5.94. The molecular formula is C19H23N3O. The Bertz CT molecular complexity index is 665. The number of hydrogen-bond acceptors (Lipinski definition) is 2. The van der Waals surface area contributed by atoms with Gasteiger partial charge in [-0.3, -0.25) is 0 Å². The number of benzene rings is 2. The number of hydrogen-bond donors (Lipinski definition) is 1. The lowest BCUT2D eigenvalue weighted by Crippen LogP contribution is -2.35. The fraction of sp³-hybridized carbons (Fsp3) is 0.316. The molecule has 120 valence electrons. The minimum Gasteiger partial charge on any atom is -0.489 e. The first-order valence-corrected chi connectivity index (χ1v) is 8.01. The van der Waals surface area contributed by atoms with Gasteiger partial charge in [0, 0.05) is 13.1 Å². The summed E-state index contributed by atoms with van der Waals surface area (Å²) in [6.07, 6.45) is 2.44. The lowest BCUT2D eigenvalue weighted by atomic mass is 10.2. The molecule has 0 radical (unpaired) electrons. The van der Waals surface area contributed by atoms with E-state index in [9.17, 15) is 0 Å². The highest BCUT2D eigenvalue weighted by molar-refractivity contribution is 5.78. The van der Waals surface area contributed by atoms with Crippen LogP contribution in [-0.2, 0) is 13.2 Å². The van der Waals surface area contributed by atoms with Crippen LogP contribution in [0.25, 0.3) is 0 Å². The molecule has 2 aromatic carbocycles. The molecule has 2 aromatic rings. The van der Waals surface area contributed by atoms with Crippen LogP contribution in [0.1, 0.15) is 24.0 Å². The molecular weight excluding hydrogens is 286 g/mol. The summed E-state index contributed by atoms with van der Waals surface area (Å²) in [5.41, 5.74) is 8.28. The average Bonchev–Trinajstić information content (AvgIpc) is 3.43. The fourth-order valence-electron chi connectivity index (χ4n) is 2.41. The van der Waals surface area contributed by atoms with E-state index >= 15 is 0 Å². The molecule has 0 bridgehead atoms. The molecule has 2 N–H and O–H groups in total. The van der Waals surface area contributed by atoms with Gasteiger partial charge in [-0.25, -0.2) is 4.99 Å². The van der Waals surface area contributed by atoms with Crippen LogP contribution >= 0.6 is 0 Å². The summed E-state index contributed by atoms with van der Waals surface area (Å²) < 4.78 is 5.85. The Morgan fingerprint density at radius 3 is 2.61 bits per heavy atom. The average molecular weight is 309 g/mol. The maximum absolute atomic E-state index is 6.02. The number of guanidine groups is 1. The van der Waals surface area contributed by atoms with Gasteiger partial charge in [0.2, 0.25) is 0 Å². The standard InChI is InChI=1S/C19H23N3O/c1-22(17-10-11-17)19(20)21-13-16-8-5-9-18(12-16)23-14-15-6-3-2-4-7-15/h2-9,12,17H,10-11,13-14H2,1H3,(H2,20,21). The van der Waals surface area contributed by atoms with Crippen LogP contribution < -0.4 is 10.5 Å². The van der Waals surface area contributed by atoms with Crippen molar-refractivity contribution in [3.05, 3.63) is 65.7 Å². The molecule has 4 heteroatoms. The Morgan fingerprint density at radius 1 is 1.13 bits per heavy atom. The van der Waals surface area contributed by atoms with Crippen LogP contribution in [0.5, 0.6) is 5.75 Å². The molecule has 23 heavy (non-hydrogen) atoms. The summed E-state index contributed by atoms with van der Waals surface area (Å²) in [6.45, 7) is 1.14. The first kappa shape index (κ1) is 15.4. The van der Waals surface area contributed by atoms with Gasteiger partial charge >= 0.3 is 0 Å². The molecule has 0 heterocycles. The Balaban J connectivity index is 1.57. The normalized spacial score (nSPS) is 14.6. The van der Waals surface area contributed by atoms with Crippen molar-refractivity contribution in [2.75, 3.05) is 7.05 Å². The van der Waals surface area contributed by atoms with Gasteiger partial charge < -0.3 is 15.4 Å². The lowest BCUT2D eigenvalue weighted by molar-refractivity contribution is 0.306. The first-order chi connectivity index (χ1) is 11.2. The zero-order chi connectivity index (χ0) is 16.1. The van der Waals surface area contributed by atoms with Crippen LogP contribution in [0.4, 0.5) is 0 Å². The Hall–Kier alpha value is -2.49. The highest BCUT2D eigenvalue weighted by Crippen LogP contribution is 2.25. The van der Waals surface area contributed by atoms with Crippen molar-refractivity contribution in [3.8, 4) is 5.75 Å². The zero-order valence-electron chi connectivity index (χ0n) is 13.5. The van der Waals surface area contributed by atoms with Gasteiger partial charge in [-0.1, -0.05) is 42.5 Å². The van der Waals surface area contributed by atoms with E-state index in [2.05, 4.69) is 22.0 Å². The van der Waals surface area contributed by atoms with Gasteiger partial charge in [0.05, 0.1) is 6.54 Å². The van der Waals surface area contributed by atoms with E-state index in [-0.39, 0.29) is 0 Å². The molecule has 1 aliphatic carbocycles. The van der Waals surface area contributed by atoms with E-state index in [0.717, 1.165) is 16.9 Å². The van der Waals surface area contributed by atoms with Crippen LogP contribution in [0, 0.1) is 0 Å². The van der Waals surface area contributed by atoms with E-state index in [4.69, 9.17) is 10.5 Å². The largest absolute Gasteiger partial charge is 0.489 e. The van der Waals surface area contributed by atoms with E-state index in [1.54, 1.807) is 0 Å². The Kier molecular flexibility index (Phi) is 4.81. The quantitative estimate of drug-likeness (QED) is 0.658. The Labute approximate surface area is 137 Å². The van der Waals surface area contributed by atoms with Crippen LogP contribution in [0.2, 0.25) is 0 Å². The monoisotopic (exact) mass is 309 g/mol. The third-order valence-electron chi connectivity index (χ3n) is 4.03. The summed E-state index contributed by atoms with van der Waals surface area (Å²) in [5.74, 6) is 1.47. The number of nitrogens with two attached hydrogens (primary N) is 1. The van der Waals surface area contributed by atoms with Crippen molar-refractivity contribution in [2.45, 2.75) is 32.0 Å². The van der Waals surface area contributed by atoms with Gasteiger partial charge in [0.1, 0.15) is 12.4 Å². The van der Waals surface area contributed by atoms with Crippen molar-refractivity contribution in [2.24, 2.45) is 10.7 Å². The topological polar surface area (TPSA) is 50.8 Å². The molecule has 0 aliphatic heterocycles. The highest BCUT2D eigenvalue weighted by atomic mass is 16.5. The van der Waals surface area contributed by atoms with Crippen LogP contribution in [-0.4, -0.2) is 23.9 Å². The van der Waals surface area contributed by atoms with Crippen molar-refractivity contribution in [1.82, 2.24) is 4.90 Å². The van der Waals surface area contributed by atoms with Gasteiger partial charge in [-0.15, -0.1) is 0 Å². The maximum Gasteiger partial charge on any atom is 0.191 e. The molecule has 0 amide bonds. The molecule has 0 unspecified atom stereocenters. The first-order valence-electron chi connectivity index (χ1n) is 8.01. The van der Waals surface area contributed by atoms with Crippen molar-refractivity contribution in [1.29, 1.82) is 0 Å².